The lowest BCUT2D eigenvalue weighted by molar-refractivity contribution is -0.136. The van der Waals surface area contributed by atoms with E-state index in [-0.39, 0.29) is 6.54 Å². The summed E-state index contributed by atoms with van der Waals surface area (Å²) in [7, 11) is 0. The van der Waals surface area contributed by atoms with Crippen LogP contribution in [0.3, 0.4) is 0 Å². The minimum Gasteiger partial charge on any atom is -0.480 e. The summed E-state index contributed by atoms with van der Waals surface area (Å²) >= 11 is 0. The molecule has 1 atom stereocenters. The highest BCUT2D eigenvalue weighted by Crippen LogP contribution is 2.32. The van der Waals surface area contributed by atoms with Crippen molar-refractivity contribution in [2.24, 2.45) is 5.92 Å². The SMILES string of the molecule is CC(NCC(=O)O)C1CC1. The number of carboxylic acid groups (broad SMARTS) is 1. The fraction of sp³-hybridized carbons (Fsp3) is 0.857. The van der Waals surface area contributed by atoms with Gasteiger partial charge in [-0.15, -0.1) is 0 Å². The highest BCUT2D eigenvalue weighted by molar-refractivity contribution is 5.69. The monoisotopic (exact) mass is 143 g/mol. The number of hydrogen-bond donors (Lipinski definition) is 2. The zero-order valence-electron chi connectivity index (χ0n) is 6.13. The minimum atomic E-state index is -0.771. The molecule has 0 radical (unpaired) electrons. The van der Waals surface area contributed by atoms with Crippen LogP contribution in [0.15, 0.2) is 0 Å². The van der Waals surface area contributed by atoms with E-state index in [1.807, 2.05) is 6.92 Å². The number of carboxylic acids is 1. The molecule has 1 saturated carbocycles. The zero-order valence-corrected chi connectivity index (χ0v) is 6.13. The summed E-state index contributed by atoms with van der Waals surface area (Å²) in [6.45, 7) is 2.14. The molecule has 10 heavy (non-hydrogen) atoms. The lowest BCUT2D eigenvalue weighted by atomic mass is 10.2. The quantitative estimate of drug-likeness (QED) is 0.601. The molecule has 3 nitrogen and oxygen atoms in total. The van der Waals surface area contributed by atoms with Crippen molar-refractivity contribution >= 4 is 5.97 Å². The molecule has 1 unspecified atom stereocenters. The highest BCUT2D eigenvalue weighted by atomic mass is 16.4. The average molecular weight is 143 g/mol. The zero-order chi connectivity index (χ0) is 7.56. The predicted octanol–water partition coefficient (Wildman–Crippen LogP) is 0.459. The summed E-state index contributed by atoms with van der Waals surface area (Å²) in [5, 5.41) is 11.2. The van der Waals surface area contributed by atoms with E-state index >= 15 is 0 Å². The van der Waals surface area contributed by atoms with E-state index in [1.54, 1.807) is 0 Å². The first-order valence-electron chi connectivity index (χ1n) is 3.65. The molecule has 2 N–H and O–H groups in total. The summed E-state index contributed by atoms with van der Waals surface area (Å²) in [5.41, 5.74) is 0. The third-order valence-electron chi connectivity index (χ3n) is 1.90. The smallest absolute Gasteiger partial charge is 0.317 e. The van der Waals surface area contributed by atoms with Crippen LogP contribution in [0, 0.1) is 5.92 Å². The molecule has 0 aliphatic heterocycles. The summed E-state index contributed by atoms with van der Waals surface area (Å²) < 4.78 is 0. The maximum atomic E-state index is 10.1. The van der Waals surface area contributed by atoms with Gasteiger partial charge in [-0.1, -0.05) is 0 Å². The first kappa shape index (κ1) is 7.54. The van der Waals surface area contributed by atoms with Gasteiger partial charge in [0.05, 0.1) is 6.54 Å². The molecule has 0 saturated heterocycles. The van der Waals surface area contributed by atoms with Gasteiger partial charge in [-0.3, -0.25) is 4.79 Å². The molecule has 0 spiro atoms. The maximum absolute atomic E-state index is 10.1. The molecule has 0 heterocycles. The Bertz CT molecular complexity index is 132. The van der Waals surface area contributed by atoms with Crippen molar-refractivity contribution in [2.75, 3.05) is 6.54 Å². The molecule has 0 bridgehead atoms. The van der Waals surface area contributed by atoms with Crippen molar-refractivity contribution in [3.63, 3.8) is 0 Å². The van der Waals surface area contributed by atoms with Gasteiger partial charge >= 0.3 is 5.97 Å². The lowest BCUT2D eigenvalue weighted by Gasteiger charge is -2.09. The van der Waals surface area contributed by atoms with E-state index in [0.717, 1.165) is 5.92 Å². The van der Waals surface area contributed by atoms with Crippen molar-refractivity contribution in [3.05, 3.63) is 0 Å². The Morgan fingerprint density at radius 3 is 2.80 bits per heavy atom. The molecule has 0 amide bonds. The van der Waals surface area contributed by atoms with Crippen LogP contribution in [-0.4, -0.2) is 23.7 Å². The molecule has 1 aliphatic rings. The third kappa shape index (κ3) is 2.35. The van der Waals surface area contributed by atoms with Crippen LogP contribution in [0.25, 0.3) is 0 Å². The van der Waals surface area contributed by atoms with Gasteiger partial charge in [0.2, 0.25) is 0 Å². The molecule has 1 fully saturated rings. The van der Waals surface area contributed by atoms with Crippen LogP contribution in [-0.2, 0) is 4.79 Å². The second-order valence-electron chi connectivity index (χ2n) is 2.90. The molecule has 3 heteroatoms. The molecule has 0 aromatic carbocycles. The molecular weight excluding hydrogens is 130 g/mol. The number of rotatable bonds is 4. The summed E-state index contributed by atoms with van der Waals surface area (Å²) in [6.07, 6.45) is 2.52. The predicted molar refractivity (Wildman–Crippen MR) is 37.8 cm³/mol. The van der Waals surface area contributed by atoms with Crippen LogP contribution in [0.1, 0.15) is 19.8 Å². The van der Waals surface area contributed by atoms with Crippen LogP contribution in [0.5, 0.6) is 0 Å². The fourth-order valence-electron chi connectivity index (χ4n) is 1.01. The van der Waals surface area contributed by atoms with Crippen molar-refractivity contribution in [2.45, 2.75) is 25.8 Å². The van der Waals surface area contributed by atoms with Gasteiger partial charge in [0.25, 0.3) is 0 Å². The molecule has 1 rings (SSSR count). The number of nitrogens with one attached hydrogen (secondary N) is 1. The van der Waals surface area contributed by atoms with Crippen molar-refractivity contribution in [1.29, 1.82) is 0 Å². The number of carbonyl (C=O) groups is 1. The number of aliphatic carboxylic acids is 1. The van der Waals surface area contributed by atoms with Crippen LogP contribution in [0.4, 0.5) is 0 Å². The molecule has 0 aromatic rings. The van der Waals surface area contributed by atoms with Gasteiger partial charge in [0, 0.05) is 6.04 Å². The van der Waals surface area contributed by atoms with E-state index in [2.05, 4.69) is 5.32 Å². The Labute approximate surface area is 60.4 Å². The largest absolute Gasteiger partial charge is 0.480 e. The van der Waals surface area contributed by atoms with Gasteiger partial charge in [-0.25, -0.2) is 0 Å². The van der Waals surface area contributed by atoms with E-state index in [1.165, 1.54) is 12.8 Å². The van der Waals surface area contributed by atoms with Gasteiger partial charge in [-0.2, -0.15) is 0 Å². The van der Waals surface area contributed by atoms with Crippen LogP contribution < -0.4 is 5.32 Å². The fourth-order valence-corrected chi connectivity index (χ4v) is 1.01. The second kappa shape index (κ2) is 3.01. The van der Waals surface area contributed by atoms with Crippen LogP contribution >= 0.6 is 0 Å². The summed E-state index contributed by atoms with van der Waals surface area (Å²) in [4.78, 5) is 10.1. The normalized spacial score (nSPS) is 20.5. The topological polar surface area (TPSA) is 49.3 Å². The molecule has 0 aromatic heterocycles. The third-order valence-corrected chi connectivity index (χ3v) is 1.90. The van der Waals surface area contributed by atoms with E-state index in [0.29, 0.717) is 6.04 Å². The van der Waals surface area contributed by atoms with Crippen molar-refractivity contribution < 1.29 is 9.90 Å². The average Bonchev–Trinajstić information content (AvgIpc) is 2.63. The van der Waals surface area contributed by atoms with E-state index in [4.69, 9.17) is 5.11 Å². The summed E-state index contributed by atoms with van der Waals surface area (Å²) in [5.74, 6) is -0.0353. The van der Waals surface area contributed by atoms with Gasteiger partial charge < -0.3 is 10.4 Å². The highest BCUT2D eigenvalue weighted by Gasteiger charge is 2.27. The Balaban J connectivity index is 2.05. The lowest BCUT2D eigenvalue weighted by Crippen LogP contribution is -2.32. The van der Waals surface area contributed by atoms with Gasteiger partial charge in [0.1, 0.15) is 0 Å². The Kier molecular flexibility index (Phi) is 2.27. The van der Waals surface area contributed by atoms with E-state index in [9.17, 15) is 4.79 Å². The second-order valence-corrected chi connectivity index (χ2v) is 2.90. The molecular formula is C7H13NO2. The van der Waals surface area contributed by atoms with Crippen LogP contribution in [0.2, 0.25) is 0 Å². The Hall–Kier alpha value is -0.570. The molecule has 58 valence electrons. The number of hydrogen-bond acceptors (Lipinski definition) is 2. The van der Waals surface area contributed by atoms with Crippen molar-refractivity contribution in [1.82, 2.24) is 5.32 Å². The molecule has 1 aliphatic carbocycles. The Morgan fingerprint density at radius 1 is 1.80 bits per heavy atom. The maximum Gasteiger partial charge on any atom is 0.317 e. The van der Waals surface area contributed by atoms with Gasteiger partial charge in [-0.05, 0) is 25.7 Å². The first-order chi connectivity index (χ1) is 4.70. The van der Waals surface area contributed by atoms with Gasteiger partial charge in [0.15, 0.2) is 0 Å². The summed E-state index contributed by atoms with van der Waals surface area (Å²) in [6, 6.07) is 0.385. The van der Waals surface area contributed by atoms with Crippen molar-refractivity contribution in [3.8, 4) is 0 Å². The standard InChI is InChI=1S/C7H13NO2/c1-5(6-2-3-6)8-4-7(9)10/h5-6,8H,2-4H2,1H3,(H,9,10). The minimum absolute atomic E-state index is 0.0949. The Morgan fingerprint density at radius 2 is 2.40 bits per heavy atom. The van der Waals surface area contributed by atoms with E-state index < -0.39 is 5.97 Å². The first-order valence-corrected chi connectivity index (χ1v) is 3.65.